The van der Waals surface area contributed by atoms with E-state index in [1.807, 2.05) is 0 Å². The summed E-state index contributed by atoms with van der Waals surface area (Å²) < 4.78 is 137. The molecule has 0 amide bonds. The Morgan fingerprint density at radius 1 is 1.10 bits per heavy atom. The lowest BCUT2D eigenvalue weighted by Gasteiger charge is -2.29. The third kappa shape index (κ3) is 6.57. The summed E-state index contributed by atoms with van der Waals surface area (Å²) in [5, 5.41) is 0. The Labute approximate surface area is 232 Å². The Kier molecular flexibility index (Phi) is 8.29. The molecule has 2 aliphatic rings. The molecule has 0 aromatic heterocycles. The number of nitrogens with zero attached hydrogens (tertiary/aromatic N) is 1. The predicted octanol–water partition coefficient (Wildman–Crippen LogP) is 6.84. The van der Waals surface area contributed by atoms with Crippen molar-refractivity contribution in [3.8, 4) is 5.75 Å². The van der Waals surface area contributed by atoms with Crippen LogP contribution in [0.3, 0.4) is 0 Å². The van der Waals surface area contributed by atoms with Crippen molar-refractivity contribution in [3.63, 3.8) is 0 Å². The van der Waals surface area contributed by atoms with Crippen LogP contribution in [0, 0.1) is 17.2 Å². The lowest BCUT2D eigenvalue weighted by atomic mass is 10.00. The monoisotopic (exact) mass is 611 g/mol. The first kappa shape index (κ1) is 30.9. The van der Waals surface area contributed by atoms with Crippen LogP contribution in [-0.4, -0.2) is 45.6 Å². The van der Waals surface area contributed by atoms with Gasteiger partial charge in [-0.2, -0.15) is 13.2 Å². The zero-order valence-corrected chi connectivity index (χ0v) is 22.9. The maximum Gasteiger partial charge on any atom is 0.420 e. The third-order valence-electron chi connectivity index (χ3n) is 7.21. The van der Waals surface area contributed by atoms with Crippen LogP contribution in [0.25, 0.3) is 0 Å². The van der Waals surface area contributed by atoms with E-state index in [1.165, 1.54) is 0 Å². The number of esters is 1. The number of anilines is 2. The van der Waals surface area contributed by atoms with Crippen LogP contribution in [0.5, 0.6) is 5.75 Å². The van der Waals surface area contributed by atoms with E-state index in [2.05, 4.69) is 0 Å². The first-order valence-corrected chi connectivity index (χ1v) is 14.4. The Balaban J connectivity index is 1.85. The number of ether oxygens (including phenoxy) is 2. The Bertz CT molecular complexity index is 1390. The molecule has 0 radical (unpaired) electrons. The average molecular weight is 612 g/mol. The summed E-state index contributed by atoms with van der Waals surface area (Å²) in [4.78, 5) is 12.5. The number of carbonyl (C=O) groups is 1. The van der Waals surface area contributed by atoms with Crippen LogP contribution >= 0.6 is 0 Å². The lowest BCUT2D eigenvalue weighted by molar-refractivity contribution is -0.151. The highest BCUT2D eigenvalue weighted by Crippen LogP contribution is 2.50. The van der Waals surface area contributed by atoms with Crippen molar-refractivity contribution in [1.82, 2.24) is 0 Å². The van der Waals surface area contributed by atoms with Gasteiger partial charge in [-0.25, -0.2) is 26.0 Å². The second-order valence-electron chi connectivity index (χ2n) is 10.5. The van der Waals surface area contributed by atoms with Crippen molar-refractivity contribution in [1.29, 1.82) is 0 Å². The van der Waals surface area contributed by atoms with Gasteiger partial charge in [-0.05, 0) is 63.4 Å². The summed E-state index contributed by atoms with van der Waals surface area (Å²) in [6.45, 7) is 1.05. The minimum absolute atomic E-state index is 0.0197. The minimum Gasteiger partial charge on any atom is -0.492 e. The number of alkyl halides is 6. The van der Waals surface area contributed by atoms with Gasteiger partial charge in [-0.1, -0.05) is 0 Å². The van der Waals surface area contributed by atoms with Gasteiger partial charge in [0.2, 0.25) is 21.3 Å². The topological polar surface area (TPSA) is 72.9 Å². The molecule has 0 saturated heterocycles. The van der Waals surface area contributed by atoms with E-state index in [1.54, 1.807) is 6.92 Å². The highest BCUT2D eigenvalue weighted by atomic mass is 32.2. The van der Waals surface area contributed by atoms with Crippen LogP contribution in [0.15, 0.2) is 41.3 Å². The van der Waals surface area contributed by atoms with Crippen molar-refractivity contribution in [2.75, 3.05) is 24.7 Å². The highest BCUT2D eigenvalue weighted by molar-refractivity contribution is 7.92. The van der Waals surface area contributed by atoms with E-state index in [0.29, 0.717) is 19.1 Å². The molecule has 4 rings (SSSR count). The second-order valence-corrected chi connectivity index (χ2v) is 12.4. The summed E-state index contributed by atoms with van der Waals surface area (Å²) in [7, 11) is -5.04. The van der Waals surface area contributed by atoms with Gasteiger partial charge in [0.15, 0.2) is 0 Å². The van der Waals surface area contributed by atoms with Crippen molar-refractivity contribution in [3.05, 3.63) is 47.8 Å². The van der Waals surface area contributed by atoms with Crippen LogP contribution in [0.4, 0.5) is 42.1 Å². The van der Waals surface area contributed by atoms with Crippen LogP contribution < -0.4 is 9.64 Å². The van der Waals surface area contributed by atoms with Crippen molar-refractivity contribution < 1.29 is 53.4 Å². The molecule has 226 valence electrons. The number of hydrogen-bond donors (Lipinski definition) is 0. The molecule has 0 unspecified atom stereocenters. The summed E-state index contributed by atoms with van der Waals surface area (Å²) in [5.41, 5.74) is -5.88. The average Bonchev–Trinajstić information content (AvgIpc) is 3.68. The number of fused-ring (bicyclic) bond motifs is 1. The van der Waals surface area contributed by atoms with E-state index in [0.717, 1.165) is 29.2 Å². The Morgan fingerprint density at radius 3 is 2.27 bits per heavy atom. The Morgan fingerprint density at radius 2 is 1.73 bits per heavy atom. The highest BCUT2D eigenvalue weighted by Gasteiger charge is 2.53. The van der Waals surface area contributed by atoms with Crippen molar-refractivity contribution >= 4 is 27.2 Å². The van der Waals surface area contributed by atoms with Gasteiger partial charge in [-0.3, -0.25) is 4.79 Å². The summed E-state index contributed by atoms with van der Waals surface area (Å²) >= 11 is 0. The van der Waals surface area contributed by atoms with Crippen LogP contribution in [0.1, 0.15) is 45.1 Å². The molecule has 2 atom stereocenters. The molecule has 2 aromatic carbocycles. The van der Waals surface area contributed by atoms with Gasteiger partial charge >= 0.3 is 12.1 Å². The number of benzene rings is 2. The van der Waals surface area contributed by atoms with E-state index in [4.69, 9.17) is 9.47 Å². The number of rotatable bonds is 9. The first-order chi connectivity index (χ1) is 19.0. The SMILES string of the molecule is CCOC(=O)C1(COc2cc3c(cc2C(F)(F)F)N(c2ccc(F)cc2)C[C@H](CCC(C)(F)F)[C@H](F)S3(=O)=O)CC1. The molecule has 1 saturated carbocycles. The molecule has 0 spiro atoms. The predicted molar refractivity (Wildman–Crippen MR) is 134 cm³/mol. The van der Waals surface area contributed by atoms with Crippen molar-refractivity contribution in [2.24, 2.45) is 11.3 Å². The molecule has 0 bridgehead atoms. The molecule has 0 N–H and O–H groups in total. The molecule has 41 heavy (non-hydrogen) atoms. The van der Waals surface area contributed by atoms with Gasteiger partial charge in [-0.15, -0.1) is 0 Å². The van der Waals surface area contributed by atoms with Crippen molar-refractivity contribution in [2.45, 2.75) is 62.0 Å². The molecular weight excluding hydrogens is 583 g/mol. The molecule has 1 heterocycles. The van der Waals surface area contributed by atoms with Gasteiger partial charge in [0.1, 0.15) is 23.6 Å². The summed E-state index contributed by atoms with van der Waals surface area (Å²) in [6, 6.07) is 5.30. The largest absolute Gasteiger partial charge is 0.492 e. The van der Waals surface area contributed by atoms with Gasteiger partial charge in [0.25, 0.3) is 0 Å². The van der Waals surface area contributed by atoms with Gasteiger partial charge in [0, 0.05) is 30.6 Å². The fourth-order valence-corrected chi connectivity index (χ4v) is 6.41. The standard InChI is InChI=1S/C27H28F7NO5S/c1-3-39-24(36)26(10-11-26)15-40-21-13-22-20(12-19(21)27(32,33)34)35(18-6-4-17(28)5-7-18)14-16(8-9-25(2,30)31)23(29)41(22,37)38/h4-7,12-13,16,23H,3,8-11,14-15H2,1-2H3/t16-,23+/m0/s1. The maximum atomic E-state index is 15.7. The van der Waals surface area contributed by atoms with Gasteiger partial charge in [0.05, 0.1) is 22.8 Å². The molecule has 1 fully saturated rings. The van der Waals surface area contributed by atoms with Crippen LogP contribution in [0.2, 0.25) is 0 Å². The fraction of sp³-hybridized carbons (Fsp3) is 0.519. The van der Waals surface area contributed by atoms with Gasteiger partial charge < -0.3 is 14.4 Å². The molecule has 1 aliphatic heterocycles. The smallest absolute Gasteiger partial charge is 0.420 e. The number of halogens is 7. The Hall–Kier alpha value is -3.03. The van der Waals surface area contributed by atoms with E-state index in [-0.39, 0.29) is 25.1 Å². The minimum atomic E-state index is -5.08. The maximum absolute atomic E-state index is 15.7. The summed E-state index contributed by atoms with van der Waals surface area (Å²) in [5.74, 6) is -7.14. The van der Waals surface area contributed by atoms with E-state index in [9.17, 15) is 39.6 Å². The molecule has 1 aliphatic carbocycles. The molecule has 2 aromatic rings. The first-order valence-electron chi connectivity index (χ1n) is 12.8. The molecule has 6 nitrogen and oxygen atoms in total. The van der Waals surface area contributed by atoms with E-state index < -0.39 is 98.4 Å². The number of sulfone groups is 1. The quantitative estimate of drug-likeness (QED) is 0.229. The number of carbonyl (C=O) groups excluding carboxylic acids is 1. The lowest BCUT2D eigenvalue weighted by Crippen LogP contribution is -2.32. The zero-order valence-electron chi connectivity index (χ0n) is 22.1. The number of hydrogen-bond acceptors (Lipinski definition) is 6. The van der Waals surface area contributed by atoms with Crippen LogP contribution in [-0.2, 0) is 25.5 Å². The third-order valence-corrected chi connectivity index (χ3v) is 9.12. The fourth-order valence-electron chi connectivity index (χ4n) is 4.70. The molecule has 14 heteroatoms. The zero-order chi connectivity index (χ0) is 30.4. The second kappa shape index (κ2) is 11.0. The summed E-state index contributed by atoms with van der Waals surface area (Å²) in [6.07, 6.45) is -5.99. The molecular formula is C27H28F7NO5S. The van der Waals surface area contributed by atoms with E-state index >= 15 is 4.39 Å². The normalized spacial score (nSPS) is 21.5.